The van der Waals surface area contributed by atoms with Crippen molar-refractivity contribution in [3.63, 3.8) is 0 Å². The number of anilines is 1. The van der Waals surface area contributed by atoms with Crippen LogP contribution in [-0.4, -0.2) is 32.2 Å². The quantitative estimate of drug-likeness (QED) is 0.490. The Bertz CT molecular complexity index is 847. The van der Waals surface area contributed by atoms with Crippen molar-refractivity contribution in [3.05, 3.63) is 53.1 Å². The summed E-state index contributed by atoms with van der Waals surface area (Å²) in [4.78, 5) is 23.8. The highest BCUT2D eigenvalue weighted by Crippen LogP contribution is 2.26. The summed E-state index contributed by atoms with van der Waals surface area (Å²) in [5.74, 6) is -0.528. The van der Waals surface area contributed by atoms with Crippen molar-refractivity contribution in [2.45, 2.75) is 13.8 Å². The van der Waals surface area contributed by atoms with Gasteiger partial charge in [-0.1, -0.05) is 17.7 Å². The van der Waals surface area contributed by atoms with Gasteiger partial charge in [0.05, 0.1) is 20.4 Å². The zero-order valence-electron chi connectivity index (χ0n) is 15.1. The number of rotatable bonds is 5. The number of nitrogens with one attached hydrogen (secondary N) is 2. The molecule has 26 heavy (non-hydrogen) atoms. The number of aryl methyl sites for hydroxylation is 2. The highest BCUT2D eigenvalue weighted by molar-refractivity contribution is 6.39. The number of methoxy groups -OCH3 is 2. The summed E-state index contributed by atoms with van der Waals surface area (Å²) >= 11 is 0. The number of hydrogen-bond donors (Lipinski definition) is 2. The van der Waals surface area contributed by atoms with Crippen LogP contribution in [0.4, 0.5) is 5.69 Å². The van der Waals surface area contributed by atoms with E-state index in [-0.39, 0.29) is 0 Å². The van der Waals surface area contributed by atoms with Crippen molar-refractivity contribution < 1.29 is 19.1 Å². The Morgan fingerprint density at radius 2 is 1.69 bits per heavy atom. The highest BCUT2D eigenvalue weighted by atomic mass is 16.5. The number of hydrazone groups is 1. The van der Waals surface area contributed by atoms with E-state index in [0.717, 1.165) is 11.1 Å². The third kappa shape index (κ3) is 4.83. The molecule has 7 nitrogen and oxygen atoms in total. The first kappa shape index (κ1) is 19.0. The minimum Gasteiger partial charge on any atom is -0.493 e. The van der Waals surface area contributed by atoms with Gasteiger partial charge in [0.1, 0.15) is 0 Å². The predicted octanol–water partition coefficient (Wildman–Crippen LogP) is 2.41. The van der Waals surface area contributed by atoms with Crippen LogP contribution in [0, 0.1) is 13.8 Å². The van der Waals surface area contributed by atoms with Gasteiger partial charge in [0.15, 0.2) is 11.5 Å². The summed E-state index contributed by atoms with van der Waals surface area (Å²) in [7, 11) is 3.07. The van der Waals surface area contributed by atoms with Crippen LogP contribution in [0.15, 0.2) is 41.5 Å². The molecule has 0 heterocycles. The van der Waals surface area contributed by atoms with E-state index in [1.165, 1.54) is 13.3 Å². The molecule has 0 aliphatic carbocycles. The van der Waals surface area contributed by atoms with E-state index in [9.17, 15) is 9.59 Å². The number of nitrogens with zero attached hydrogens (tertiary/aromatic N) is 1. The van der Waals surface area contributed by atoms with Gasteiger partial charge in [-0.15, -0.1) is 0 Å². The third-order valence-corrected chi connectivity index (χ3v) is 3.62. The van der Waals surface area contributed by atoms with E-state index in [1.54, 1.807) is 31.4 Å². The fraction of sp³-hybridized carbons (Fsp3) is 0.211. The summed E-state index contributed by atoms with van der Waals surface area (Å²) in [5.41, 5.74) is 5.40. The number of amides is 2. The number of benzene rings is 2. The molecule has 0 spiro atoms. The largest absolute Gasteiger partial charge is 0.493 e. The zero-order chi connectivity index (χ0) is 19.1. The summed E-state index contributed by atoms with van der Waals surface area (Å²) in [6.45, 7) is 3.81. The van der Waals surface area contributed by atoms with Crippen LogP contribution in [0.25, 0.3) is 0 Å². The smallest absolute Gasteiger partial charge is 0.329 e. The van der Waals surface area contributed by atoms with Gasteiger partial charge in [0.2, 0.25) is 0 Å². The molecular weight excluding hydrogens is 334 g/mol. The number of hydrogen-bond acceptors (Lipinski definition) is 5. The Hall–Kier alpha value is -3.35. The molecule has 0 radical (unpaired) electrons. The monoisotopic (exact) mass is 355 g/mol. The van der Waals surface area contributed by atoms with Crippen molar-refractivity contribution >= 4 is 23.7 Å². The van der Waals surface area contributed by atoms with E-state index >= 15 is 0 Å². The highest BCUT2D eigenvalue weighted by Gasteiger charge is 2.14. The van der Waals surface area contributed by atoms with Gasteiger partial charge in [0.25, 0.3) is 0 Å². The topological polar surface area (TPSA) is 89.0 Å². The Balaban J connectivity index is 1.97. The van der Waals surface area contributed by atoms with Gasteiger partial charge in [-0.25, -0.2) is 5.43 Å². The Kier molecular flexibility index (Phi) is 6.32. The number of carbonyl (C=O) groups is 2. The van der Waals surface area contributed by atoms with Gasteiger partial charge in [-0.2, -0.15) is 5.10 Å². The molecule has 2 aromatic rings. The first-order chi connectivity index (χ1) is 12.4. The molecule has 0 fully saturated rings. The minimum atomic E-state index is -0.860. The van der Waals surface area contributed by atoms with E-state index < -0.39 is 11.8 Å². The second kappa shape index (κ2) is 8.66. The molecule has 136 valence electrons. The SMILES string of the molecule is COc1ccc(/C=N\NC(=O)C(=O)Nc2ccc(C)cc2C)cc1OC. The maximum atomic E-state index is 11.9. The molecule has 7 heteroatoms. The molecule has 0 aromatic heterocycles. The van der Waals surface area contributed by atoms with Crippen molar-refractivity contribution in [2.24, 2.45) is 5.10 Å². The molecule has 2 N–H and O–H groups in total. The maximum Gasteiger partial charge on any atom is 0.329 e. The van der Waals surface area contributed by atoms with Crippen molar-refractivity contribution in [3.8, 4) is 11.5 Å². The Morgan fingerprint density at radius 3 is 2.35 bits per heavy atom. The van der Waals surface area contributed by atoms with Gasteiger partial charge < -0.3 is 14.8 Å². The lowest BCUT2D eigenvalue weighted by Crippen LogP contribution is -2.32. The lowest BCUT2D eigenvalue weighted by atomic mass is 10.1. The van der Waals surface area contributed by atoms with Gasteiger partial charge in [-0.3, -0.25) is 9.59 Å². The van der Waals surface area contributed by atoms with Crippen LogP contribution >= 0.6 is 0 Å². The van der Waals surface area contributed by atoms with Crippen LogP contribution < -0.4 is 20.2 Å². The van der Waals surface area contributed by atoms with Crippen molar-refractivity contribution in [1.29, 1.82) is 0 Å². The van der Waals surface area contributed by atoms with E-state index in [2.05, 4.69) is 15.8 Å². The molecule has 0 unspecified atom stereocenters. The normalized spacial score (nSPS) is 10.5. The summed E-state index contributed by atoms with van der Waals surface area (Å²) in [5, 5.41) is 6.35. The van der Waals surface area contributed by atoms with Crippen molar-refractivity contribution in [1.82, 2.24) is 5.43 Å². The minimum absolute atomic E-state index is 0.537. The molecule has 0 aliphatic rings. The van der Waals surface area contributed by atoms with Crippen LogP contribution in [0.1, 0.15) is 16.7 Å². The van der Waals surface area contributed by atoms with Crippen LogP contribution in [0.2, 0.25) is 0 Å². The van der Waals surface area contributed by atoms with E-state index in [0.29, 0.717) is 22.7 Å². The molecule has 0 aliphatic heterocycles. The molecule has 2 amide bonds. The second-order valence-corrected chi connectivity index (χ2v) is 5.59. The fourth-order valence-electron chi connectivity index (χ4n) is 2.28. The molecule has 0 bridgehead atoms. The third-order valence-electron chi connectivity index (χ3n) is 3.62. The molecule has 2 rings (SSSR count). The average Bonchev–Trinajstić information content (AvgIpc) is 2.63. The first-order valence-corrected chi connectivity index (χ1v) is 7.88. The lowest BCUT2D eigenvalue weighted by molar-refractivity contribution is -0.136. The Labute approximate surface area is 152 Å². The maximum absolute atomic E-state index is 11.9. The predicted molar refractivity (Wildman–Crippen MR) is 99.8 cm³/mol. The molecule has 0 saturated heterocycles. The summed E-state index contributed by atoms with van der Waals surface area (Å²) < 4.78 is 10.3. The summed E-state index contributed by atoms with van der Waals surface area (Å²) in [6.07, 6.45) is 1.41. The number of carbonyl (C=O) groups excluding carboxylic acids is 2. The van der Waals surface area contributed by atoms with Gasteiger partial charge in [0, 0.05) is 5.69 Å². The van der Waals surface area contributed by atoms with Crippen molar-refractivity contribution in [2.75, 3.05) is 19.5 Å². The second-order valence-electron chi connectivity index (χ2n) is 5.59. The molecule has 0 saturated carbocycles. The van der Waals surface area contributed by atoms with Gasteiger partial charge >= 0.3 is 11.8 Å². The van der Waals surface area contributed by atoms with Crippen LogP contribution in [-0.2, 0) is 9.59 Å². The standard InChI is InChI=1S/C19H21N3O4/c1-12-5-7-15(13(2)9-12)21-18(23)19(24)22-20-11-14-6-8-16(25-3)17(10-14)26-4/h5-11H,1-4H3,(H,21,23)(H,22,24)/b20-11-. The average molecular weight is 355 g/mol. The van der Waals surface area contributed by atoms with Crippen LogP contribution in [0.3, 0.4) is 0 Å². The molecule has 2 aromatic carbocycles. The summed E-state index contributed by atoms with van der Waals surface area (Å²) in [6, 6.07) is 10.7. The van der Waals surface area contributed by atoms with Crippen LogP contribution in [0.5, 0.6) is 11.5 Å². The first-order valence-electron chi connectivity index (χ1n) is 7.88. The lowest BCUT2D eigenvalue weighted by Gasteiger charge is -2.08. The van der Waals surface area contributed by atoms with E-state index in [1.807, 2.05) is 26.0 Å². The molecular formula is C19H21N3O4. The van der Waals surface area contributed by atoms with E-state index in [4.69, 9.17) is 9.47 Å². The zero-order valence-corrected chi connectivity index (χ0v) is 15.1. The van der Waals surface area contributed by atoms with Gasteiger partial charge in [-0.05, 0) is 49.2 Å². The number of ether oxygens (including phenoxy) is 2. The Morgan fingerprint density at radius 1 is 0.962 bits per heavy atom. The fourth-order valence-corrected chi connectivity index (χ4v) is 2.28. The molecule has 0 atom stereocenters.